The molecule has 0 aliphatic heterocycles. The molecule has 0 saturated heterocycles. The molecule has 0 aromatic carbocycles. The van der Waals surface area contributed by atoms with Gasteiger partial charge in [-0.3, -0.25) is 9.59 Å². The highest BCUT2D eigenvalue weighted by atomic mass is 16.1. The predicted molar refractivity (Wildman–Crippen MR) is 38.9 cm³/mol. The highest BCUT2D eigenvalue weighted by molar-refractivity contribution is 6.57. The summed E-state index contributed by atoms with van der Waals surface area (Å²) in [5.74, 6) is 0. The summed E-state index contributed by atoms with van der Waals surface area (Å²) in [5.41, 5.74) is 0. The first kappa shape index (κ1) is 9.00. The van der Waals surface area contributed by atoms with Gasteiger partial charge >= 0.3 is 6.98 Å². The Morgan fingerprint density at radius 1 is 1.30 bits per heavy atom. The lowest BCUT2D eigenvalue weighted by atomic mass is 9.72. The predicted octanol–water partition coefficient (Wildman–Crippen LogP) is -0.809. The Kier molecular flexibility index (Phi) is 5.52. The molecule has 0 aromatic rings. The Morgan fingerprint density at radius 2 is 1.80 bits per heavy atom. The Labute approximate surface area is 60.5 Å². The summed E-state index contributed by atoms with van der Waals surface area (Å²) >= 11 is 0. The zero-order valence-corrected chi connectivity index (χ0v) is 5.83. The fraction of sp³-hybridized carbons (Fsp3) is 0.400. The van der Waals surface area contributed by atoms with Gasteiger partial charge in [-0.1, -0.05) is 6.92 Å². The van der Waals surface area contributed by atoms with Gasteiger partial charge in [0.25, 0.3) is 0 Å². The third kappa shape index (κ3) is 3.94. The Balaban J connectivity index is 3.48. The molecular weight excluding hydrogens is 131 g/mol. The van der Waals surface area contributed by atoms with Crippen LogP contribution in [0.15, 0.2) is 0 Å². The van der Waals surface area contributed by atoms with E-state index in [1.54, 1.807) is 0 Å². The van der Waals surface area contributed by atoms with Crippen LogP contribution in [0, 0.1) is 6.42 Å². The van der Waals surface area contributed by atoms with Gasteiger partial charge in [0.2, 0.25) is 0 Å². The Morgan fingerprint density at radius 3 is 2.10 bits per heavy atom. The second-order valence-corrected chi connectivity index (χ2v) is 1.77. The summed E-state index contributed by atoms with van der Waals surface area (Å²) in [4.78, 5) is 19.8. The maximum absolute atomic E-state index is 9.88. The summed E-state index contributed by atoms with van der Waals surface area (Å²) in [6, 6.07) is 0. The van der Waals surface area contributed by atoms with Crippen molar-refractivity contribution in [3.63, 3.8) is 0 Å². The number of carbonyl (C=O) groups excluding carboxylic acids is 2. The Bertz CT molecular complexity index is 99.8. The van der Waals surface area contributed by atoms with E-state index in [1.165, 1.54) is 0 Å². The molecule has 0 atom stereocenters. The van der Waals surface area contributed by atoms with Crippen LogP contribution in [0.4, 0.5) is 0 Å². The minimum absolute atomic E-state index is 0.264. The van der Waals surface area contributed by atoms with E-state index in [9.17, 15) is 9.59 Å². The molecule has 2 amide bonds. The molecule has 0 spiro atoms. The quantitative estimate of drug-likeness (QED) is 0.375. The maximum atomic E-state index is 9.88. The van der Waals surface area contributed by atoms with E-state index in [1.807, 2.05) is 13.3 Å². The van der Waals surface area contributed by atoms with Crippen LogP contribution in [-0.4, -0.2) is 19.8 Å². The average molecular weight is 141 g/mol. The van der Waals surface area contributed by atoms with Gasteiger partial charge in [0, 0.05) is 0 Å². The largest absolute Gasteiger partial charge is 0.382 e. The van der Waals surface area contributed by atoms with Gasteiger partial charge < -0.3 is 10.5 Å². The second-order valence-electron chi connectivity index (χ2n) is 1.77. The number of amides is 2. The number of hydrogen-bond donors (Lipinski definition) is 2. The van der Waals surface area contributed by atoms with Crippen molar-refractivity contribution >= 4 is 19.8 Å². The van der Waals surface area contributed by atoms with Crippen molar-refractivity contribution in [1.29, 1.82) is 0 Å². The van der Waals surface area contributed by atoms with Crippen molar-refractivity contribution in [3.8, 4) is 0 Å². The number of hydrogen-bond acceptors (Lipinski definition) is 2. The van der Waals surface area contributed by atoms with Crippen LogP contribution in [0.3, 0.4) is 0 Å². The molecule has 2 N–H and O–H groups in total. The maximum Gasteiger partial charge on any atom is 0.374 e. The SMILES string of the molecule is C[CH]CB(NC=O)NC=O. The topological polar surface area (TPSA) is 58.2 Å². The molecule has 10 heavy (non-hydrogen) atoms. The fourth-order valence-corrected chi connectivity index (χ4v) is 0.584. The number of rotatable bonds is 6. The zero-order valence-electron chi connectivity index (χ0n) is 5.83. The van der Waals surface area contributed by atoms with Crippen molar-refractivity contribution in [1.82, 2.24) is 10.5 Å². The van der Waals surface area contributed by atoms with Crippen LogP contribution in [-0.2, 0) is 9.59 Å². The molecule has 4 nitrogen and oxygen atoms in total. The van der Waals surface area contributed by atoms with Crippen LogP contribution in [0.5, 0.6) is 0 Å². The summed E-state index contributed by atoms with van der Waals surface area (Å²) in [6.07, 6.45) is 3.62. The van der Waals surface area contributed by atoms with Crippen molar-refractivity contribution in [2.24, 2.45) is 0 Å². The first-order valence-electron chi connectivity index (χ1n) is 3.02. The lowest BCUT2D eigenvalue weighted by molar-refractivity contribution is -0.108. The minimum atomic E-state index is -0.264. The summed E-state index contributed by atoms with van der Waals surface area (Å²) in [5, 5.41) is 4.86. The van der Waals surface area contributed by atoms with Gasteiger partial charge in [-0.15, -0.1) is 0 Å². The molecular formula is C5H10BN2O2. The Hall–Kier alpha value is -0.995. The lowest BCUT2D eigenvalue weighted by Gasteiger charge is -2.06. The molecule has 0 saturated carbocycles. The number of carbonyl (C=O) groups is 2. The lowest BCUT2D eigenvalue weighted by Crippen LogP contribution is -2.45. The normalized spacial score (nSPS) is 8.10. The third-order valence-corrected chi connectivity index (χ3v) is 1.01. The van der Waals surface area contributed by atoms with Gasteiger partial charge in [0.05, 0.1) is 0 Å². The van der Waals surface area contributed by atoms with E-state index >= 15 is 0 Å². The van der Waals surface area contributed by atoms with E-state index < -0.39 is 0 Å². The number of nitrogens with one attached hydrogen (secondary N) is 2. The minimum Gasteiger partial charge on any atom is -0.382 e. The van der Waals surface area contributed by atoms with Crippen molar-refractivity contribution in [2.75, 3.05) is 0 Å². The monoisotopic (exact) mass is 141 g/mol. The molecule has 1 radical (unpaired) electrons. The molecule has 5 heteroatoms. The summed E-state index contributed by atoms with van der Waals surface area (Å²) < 4.78 is 0. The fourth-order valence-electron chi connectivity index (χ4n) is 0.584. The molecule has 0 aromatic heterocycles. The van der Waals surface area contributed by atoms with E-state index in [-0.39, 0.29) is 6.98 Å². The van der Waals surface area contributed by atoms with Crippen LogP contribution in [0.25, 0.3) is 0 Å². The molecule has 0 unspecified atom stereocenters. The first-order valence-corrected chi connectivity index (χ1v) is 3.02. The third-order valence-electron chi connectivity index (χ3n) is 1.01. The van der Waals surface area contributed by atoms with Gasteiger partial charge in [0.1, 0.15) is 0 Å². The molecule has 0 rings (SSSR count). The molecule has 0 aliphatic rings. The van der Waals surface area contributed by atoms with Gasteiger partial charge in [-0.05, 0) is 12.7 Å². The van der Waals surface area contributed by atoms with E-state index in [0.717, 1.165) is 0 Å². The van der Waals surface area contributed by atoms with Gasteiger partial charge in [-0.25, -0.2) is 0 Å². The van der Waals surface area contributed by atoms with Crippen molar-refractivity contribution in [3.05, 3.63) is 6.42 Å². The van der Waals surface area contributed by atoms with Gasteiger partial charge in [0.15, 0.2) is 12.8 Å². The smallest absolute Gasteiger partial charge is 0.374 e. The van der Waals surface area contributed by atoms with Crippen molar-refractivity contribution in [2.45, 2.75) is 13.2 Å². The van der Waals surface area contributed by atoms with Crippen LogP contribution >= 0.6 is 0 Å². The van der Waals surface area contributed by atoms with Crippen LogP contribution < -0.4 is 10.5 Å². The van der Waals surface area contributed by atoms with Crippen molar-refractivity contribution < 1.29 is 9.59 Å². The molecule has 0 heterocycles. The highest BCUT2D eigenvalue weighted by Crippen LogP contribution is 1.86. The molecule has 0 aliphatic carbocycles. The highest BCUT2D eigenvalue weighted by Gasteiger charge is 2.10. The molecule has 55 valence electrons. The summed E-state index contributed by atoms with van der Waals surface area (Å²) in [7, 11) is 0. The van der Waals surface area contributed by atoms with E-state index in [2.05, 4.69) is 10.5 Å². The standard InChI is InChI=1S/C5H10BN2O2/c1-2-3-6(7-4-9)8-5-10/h2,4-5H,3H2,1H3,(H,7,9)(H,8,10). The van der Waals surface area contributed by atoms with Crippen LogP contribution in [0.2, 0.25) is 6.32 Å². The zero-order chi connectivity index (χ0) is 7.82. The first-order chi connectivity index (χ1) is 4.85. The van der Waals surface area contributed by atoms with E-state index in [4.69, 9.17) is 0 Å². The second kappa shape index (κ2) is 6.13. The van der Waals surface area contributed by atoms with Crippen LogP contribution in [0.1, 0.15) is 6.92 Å². The van der Waals surface area contributed by atoms with E-state index in [0.29, 0.717) is 19.1 Å². The summed E-state index contributed by atoms with van der Waals surface area (Å²) in [6.45, 7) is 1.59. The molecule has 0 fully saturated rings. The average Bonchev–Trinajstić information content (AvgIpc) is 1.90. The van der Waals surface area contributed by atoms with Gasteiger partial charge in [-0.2, -0.15) is 0 Å². The molecule has 0 bridgehead atoms.